The van der Waals surface area contributed by atoms with Crippen molar-refractivity contribution in [3.8, 4) is 22.3 Å². The maximum atomic E-state index is 6.36. The molecule has 1 aliphatic rings. The molecule has 0 spiro atoms. The van der Waals surface area contributed by atoms with Gasteiger partial charge in [0, 0.05) is 21.9 Å². The average Bonchev–Trinajstić information content (AvgIpc) is 3.53. The molecule has 0 saturated heterocycles. The fraction of sp³-hybridized carbons (Fsp3) is 0.0233. The van der Waals surface area contributed by atoms with Gasteiger partial charge in [-0.25, -0.2) is 9.98 Å². The van der Waals surface area contributed by atoms with Crippen molar-refractivity contribution >= 4 is 44.4 Å². The lowest BCUT2D eigenvalue weighted by atomic mass is 9.99. The normalized spacial score (nSPS) is 14.6. The Morgan fingerprint density at radius 2 is 1.15 bits per heavy atom. The summed E-state index contributed by atoms with van der Waals surface area (Å²) < 4.78 is 6.36. The van der Waals surface area contributed by atoms with E-state index in [2.05, 4.69) is 133 Å². The van der Waals surface area contributed by atoms with E-state index in [9.17, 15) is 0 Å². The van der Waals surface area contributed by atoms with Crippen LogP contribution in [0.5, 0.6) is 0 Å². The van der Waals surface area contributed by atoms with Crippen molar-refractivity contribution < 1.29 is 4.42 Å². The molecular weight excluding hydrogens is 574 g/mol. The second kappa shape index (κ2) is 11.3. The summed E-state index contributed by atoms with van der Waals surface area (Å²) in [6.45, 7) is 0. The Balaban J connectivity index is 1.16. The molecule has 0 bridgehead atoms. The first-order valence-electron chi connectivity index (χ1n) is 15.9. The Kier molecular flexibility index (Phi) is 6.50. The lowest BCUT2D eigenvalue weighted by Gasteiger charge is -2.24. The predicted octanol–water partition coefficient (Wildman–Crippen LogP) is 10.6. The lowest BCUT2D eigenvalue weighted by molar-refractivity contribution is 0.668. The molecule has 1 unspecified atom stereocenters. The van der Waals surface area contributed by atoms with Crippen LogP contribution in [0.3, 0.4) is 0 Å². The van der Waals surface area contributed by atoms with E-state index in [1.807, 2.05) is 36.4 Å². The lowest BCUT2D eigenvalue weighted by Crippen LogP contribution is -2.33. The fourth-order valence-electron chi connectivity index (χ4n) is 6.53. The molecule has 0 saturated carbocycles. The molecule has 8 aromatic rings. The molecule has 1 aliphatic heterocycles. The largest absolute Gasteiger partial charge is 0.456 e. The third-order valence-corrected chi connectivity index (χ3v) is 8.94. The highest BCUT2D eigenvalue weighted by molar-refractivity contribution is 6.22. The fourth-order valence-corrected chi connectivity index (χ4v) is 6.53. The number of aliphatic imine (C=N–C) groups is 2. The molecule has 222 valence electrons. The standard InChI is InChI=1S/C43H29N3O/c1-3-10-28(11-4-1)35-24-25-38-37(27-35)40-36(16-9-17-39(40)47-38)43-45-41(31-13-5-2-6-14-31)44-42(46-43)32-21-18-30(19-22-32)34-23-20-29-12-7-8-15-33(29)26-34/h1-27,41H,(H,44,45,46). The molecule has 0 radical (unpaired) electrons. The minimum atomic E-state index is -0.299. The number of benzene rings is 7. The van der Waals surface area contributed by atoms with Gasteiger partial charge in [0.15, 0.2) is 5.84 Å². The second-order valence-corrected chi connectivity index (χ2v) is 11.9. The highest BCUT2D eigenvalue weighted by Gasteiger charge is 2.23. The van der Waals surface area contributed by atoms with E-state index in [-0.39, 0.29) is 6.17 Å². The molecule has 2 heterocycles. The number of furan rings is 1. The Bertz CT molecular complexity index is 2480. The average molecular weight is 604 g/mol. The second-order valence-electron chi connectivity index (χ2n) is 11.9. The van der Waals surface area contributed by atoms with Crippen LogP contribution in [0.25, 0.3) is 55.0 Å². The molecule has 1 atom stereocenters. The Hall–Kier alpha value is -6.26. The van der Waals surface area contributed by atoms with E-state index < -0.39 is 0 Å². The number of hydrogen-bond acceptors (Lipinski definition) is 4. The molecular formula is C43H29N3O. The number of amidine groups is 2. The SMILES string of the molecule is c1ccc(-c2ccc3oc4cccc(C5=NC(c6ccccc6)NC(c6ccc(-c7ccc8ccccc8c7)cc6)=N5)c4c3c2)cc1. The van der Waals surface area contributed by atoms with Gasteiger partial charge in [-0.3, -0.25) is 0 Å². The summed E-state index contributed by atoms with van der Waals surface area (Å²) in [6, 6.07) is 57.0. The Morgan fingerprint density at radius 1 is 0.489 bits per heavy atom. The maximum Gasteiger partial charge on any atom is 0.160 e. The first kappa shape index (κ1) is 27.1. The van der Waals surface area contributed by atoms with Crippen molar-refractivity contribution in [3.63, 3.8) is 0 Å². The van der Waals surface area contributed by atoms with Gasteiger partial charge in [0.05, 0.1) is 0 Å². The van der Waals surface area contributed by atoms with Crippen LogP contribution in [-0.2, 0) is 0 Å². The maximum absolute atomic E-state index is 6.36. The smallest absolute Gasteiger partial charge is 0.160 e. The van der Waals surface area contributed by atoms with Crippen molar-refractivity contribution in [2.24, 2.45) is 9.98 Å². The third kappa shape index (κ3) is 4.97. The Labute approximate surface area is 272 Å². The van der Waals surface area contributed by atoms with Gasteiger partial charge in [0.1, 0.15) is 23.2 Å². The van der Waals surface area contributed by atoms with Crippen molar-refractivity contribution in [2.45, 2.75) is 6.17 Å². The molecule has 7 aromatic carbocycles. The molecule has 1 N–H and O–H groups in total. The molecule has 0 fully saturated rings. The molecule has 0 amide bonds. The highest BCUT2D eigenvalue weighted by Crippen LogP contribution is 2.36. The first-order chi connectivity index (χ1) is 23.3. The van der Waals surface area contributed by atoms with E-state index in [0.717, 1.165) is 61.2 Å². The topological polar surface area (TPSA) is 49.9 Å². The summed E-state index contributed by atoms with van der Waals surface area (Å²) >= 11 is 0. The number of hydrogen-bond donors (Lipinski definition) is 1. The zero-order chi connectivity index (χ0) is 31.2. The van der Waals surface area contributed by atoms with Gasteiger partial charge in [0.25, 0.3) is 0 Å². The molecule has 4 heteroatoms. The molecule has 1 aromatic heterocycles. The van der Waals surface area contributed by atoms with Gasteiger partial charge >= 0.3 is 0 Å². The molecule has 0 aliphatic carbocycles. The van der Waals surface area contributed by atoms with Gasteiger partial charge < -0.3 is 9.73 Å². The van der Waals surface area contributed by atoms with Gasteiger partial charge in [-0.05, 0) is 62.9 Å². The van der Waals surface area contributed by atoms with Crippen LogP contribution in [0.1, 0.15) is 22.9 Å². The van der Waals surface area contributed by atoms with Crippen LogP contribution in [0.15, 0.2) is 178 Å². The predicted molar refractivity (Wildman–Crippen MR) is 194 cm³/mol. The van der Waals surface area contributed by atoms with Crippen molar-refractivity contribution in [2.75, 3.05) is 0 Å². The molecule has 4 nitrogen and oxygen atoms in total. The van der Waals surface area contributed by atoms with E-state index in [1.165, 1.54) is 16.3 Å². The monoisotopic (exact) mass is 603 g/mol. The number of nitrogens with one attached hydrogen (secondary N) is 1. The van der Waals surface area contributed by atoms with Gasteiger partial charge in [-0.2, -0.15) is 0 Å². The third-order valence-electron chi connectivity index (χ3n) is 8.94. The van der Waals surface area contributed by atoms with Crippen LogP contribution >= 0.6 is 0 Å². The minimum Gasteiger partial charge on any atom is -0.456 e. The van der Waals surface area contributed by atoms with Crippen LogP contribution in [-0.4, -0.2) is 11.7 Å². The summed E-state index contributed by atoms with van der Waals surface area (Å²) in [7, 11) is 0. The van der Waals surface area contributed by atoms with Crippen molar-refractivity contribution in [3.05, 3.63) is 180 Å². The van der Waals surface area contributed by atoms with Crippen LogP contribution in [0.4, 0.5) is 0 Å². The van der Waals surface area contributed by atoms with Crippen LogP contribution in [0, 0.1) is 0 Å². The van der Waals surface area contributed by atoms with Crippen LogP contribution < -0.4 is 5.32 Å². The highest BCUT2D eigenvalue weighted by atomic mass is 16.3. The van der Waals surface area contributed by atoms with E-state index in [1.54, 1.807) is 0 Å². The summed E-state index contributed by atoms with van der Waals surface area (Å²) in [6.07, 6.45) is -0.299. The molecule has 47 heavy (non-hydrogen) atoms. The zero-order valence-electron chi connectivity index (χ0n) is 25.5. The summed E-state index contributed by atoms with van der Waals surface area (Å²) in [5.41, 5.74) is 9.32. The number of fused-ring (bicyclic) bond motifs is 4. The van der Waals surface area contributed by atoms with Crippen molar-refractivity contribution in [1.82, 2.24) is 5.32 Å². The van der Waals surface area contributed by atoms with Crippen LogP contribution in [0.2, 0.25) is 0 Å². The Morgan fingerprint density at radius 3 is 1.98 bits per heavy atom. The van der Waals surface area contributed by atoms with E-state index >= 15 is 0 Å². The van der Waals surface area contributed by atoms with E-state index in [4.69, 9.17) is 14.4 Å². The molecule has 9 rings (SSSR count). The van der Waals surface area contributed by atoms with Gasteiger partial charge in [-0.15, -0.1) is 0 Å². The first-order valence-corrected chi connectivity index (χ1v) is 15.9. The quantitative estimate of drug-likeness (QED) is 0.213. The summed E-state index contributed by atoms with van der Waals surface area (Å²) in [5.74, 6) is 1.45. The van der Waals surface area contributed by atoms with Gasteiger partial charge in [0.2, 0.25) is 0 Å². The summed E-state index contributed by atoms with van der Waals surface area (Å²) in [4.78, 5) is 10.4. The minimum absolute atomic E-state index is 0.299. The van der Waals surface area contributed by atoms with Crippen molar-refractivity contribution in [1.29, 1.82) is 0 Å². The number of nitrogens with zero attached hydrogens (tertiary/aromatic N) is 2. The van der Waals surface area contributed by atoms with E-state index in [0.29, 0.717) is 5.84 Å². The zero-order valence-corrected chi connectivity index (χ0v) is 25.5. The van der Waals surface area contributed by atoms with Gasteiger partial charge in [-0.1, -0.05) is 140 Å². The number of rotatable bonds is 5. The summed E-state index contributed by atoms with van der Waals surface area (Å²) in [5, 5.41) is 8.15.